The summed E-state index contributed by atoms with van der Waals surface area (Å²) in [7, 11) is 0. The van der Waals surface area contributed by atoms with Crippen molar-refractivity contribution in [3.63, 3.8) is 0 Å². The fourth-order valence-corrected chi connectivity index (χ4v) is 3.42. The van der Waals surface area contributed by atoms with E-state index in [0.717, 1.165) is 34.7 Å². The molecule has 0 unspecified atom stereocenters. The summed E-state index contributed by atoms with van der Waals surface area (Å²) in [6, 6.07) is 1.99. The molecule has 6 heteroatoms. The average molecular weight is 307 g/mol. The summed E-state index contributed by atoms with van der Waals surface area (Å²) < 4.78 is 2.08. The Kier molecular flexibility index (Phi) is 4.56. The second kappa shape index (κ2) is 6.05. The number of aryl methyl sites for hydroxylation is 1. The quantitative estimate of drug-likeness (QED) is 0.828. The van der Waals surface area contributed by atoms with Crippen LogP contribution in [0, 0.1) is 6.92 Å². The molecule has 21 heavy (non-hydrogen) atoms. The van der Waals surface area contributed by atoms with Crippen LogP contribution < -0.4 is 0 Å². The fourth-order valence-electron chi connectivity index (χ4n) is 2.54. The van der Waals surface area contributed by atoms with E-state index in [4.69, 9.17) is 5.11 Å². The molecule has 0 aliphatic heterocycles. The Labute approximate surface area is 128 Å². The Morgan fingerprint density at radius 2 is 2.19 bits per heavy atom. The van der Waals surface area contributed by atoms with E-state index in [9.17, 15) is 4.79 Å². The first-order valence-electron chi connectivity index (χ1n) is 7.05. The van der Waals surface area contributed by atoms with Gasteiger partial charge in [0.2, 0.25) is 0 Å². The summed E-state index contributed by atoms with van der Waals surface area (Å²) in [5.41, 5.74) is 2.56. The van der Waals surface area contributed by atoms with Gasteiger partial charge in [-0.25, -0.2) is 9.97 Å². The number of aliphatic carboxylic acids is 1. The summed E-state index contributed by atoms with van der Waals surface area (Å²) in [6.45, 7) is 8.41. The molecule has 2 heterocycles. The van der Waals surface area contributed by atoms with E-state index < -0.39 is 5.97 Å². The molecule has 0 atom stereocenters. The van der Waals surface area contributed by atoms with Crippen LogP contribution in [0.3, 0.4) is 0 Å². The van der Waals surface area contributed by atoms with E-state index in [1.165, 1.54) is 11.8 Å². The van der Waals surface area contributed by atoms with Crippen molar-refractivity contribution in [1.29, 1.82) is 0 Å². The third kappa shape index (κ3) is 3.37. The molecule has 2 rings (SSSR count). The molecule has 2 aromatic heterocycles. The van der Waals surface area contributed by atoms with E-state index in [2.05, 4.69) is 35.3 Å². The van der Waals surface area contributed by atoms with E-state index in [0.29, 0.717) is 0 Å². The molecule has 0 bridgehead atoms. The van der Waals surface area contributed by atoms with Crippen LogP contribution in [0.5, 0.6) is 0 Å². The predicted molar refractivity (Wildman–Crippen MR) is 84.9 cm³/mol. The van der Waals surface area contributed by atoms with Crippen molar-refractivity contribution >= 4 is 28.9 Å². The van der Waals surface area contributed by atoms with Crippen molar-refractivity contribution in [3.8, 4) is 0 Å². The molecular formula is C15H21N3O2S. The minimum absolute atomic E-state index is 0.00447. The Hall–Kier alpha value is -1.56. The zero-order chi connectivity index (χ0) is 15.6. The standard InChI is InChI=1S/C15H21N3O2S/c1-5-6-15(3,4)18-13-11(7-10(2)8-16-13)17-14(18)21-9-12(19)20/h7-8H,5-6,9H2,1-4H3,(H,19,20). The number of nitrogens with zero attached hydrogens (tertiary/aromatic N) is 3. The smallest absolute Gasteiger partial charge is 0.313 e. The second-order valence-corrected chi connectivity index (χ2v) is 6.77. The molecule has 0 aromatic carbocycles. The maximum atomic E-state index is 10.9. The second-order valence-electron chi connectivity index (χ2n) is 5.83. The van der Waals surface area contributed by atoms with Crippen molar-refractivity contribution in [1.82, 2.24) is 14.5 Å². The molecule has 0 saturated heterocycles. The molecule has 1 N–H and O–H groups in total. The van der Waals surface area contributed by atoms with Gasteiger partial charge in [0.15, 0.2) is 10.8 Å². The van der Waals surface area contributed by atoms with Crippen molar-refractivity contribution in [2.45, 2.75) is 51.2 Å². The van der Waals surface area contributed by atoms with Crippen LogP contribution in [0.4, 0.5) is 0 Å². The third-order valence-electron chi connectivity index (χ3n) is 3.40. The number of thioether (sulfide) groups is 1. The topological polar surface area (TPSA) is 68.0 Å². The van der Waals surface area contributed by atoms with Gasteiger partial charge in [-0.2, -0.15) is 0 Å². The number of imidazole rings is 1. The molecule has 0 amide bonds. The van der Waals surface area contributed by atoms with Crippen LogP contribution in [0.1, 0.15) is 39.2 Å². The van der Waals surface area contributed by atoms with Crippen molar-refractivity contribution in [2.75, 3.05) is 5.75 Å². The number of carbonyl (C=O) groups is 1. The highest BCUT2D eigenvalue weighted by Crippen LogP contribution is 2.32. The normalized spacial score (nSPS) is 12.0. The maximum absolute atomic E-state index is 10.9. The first-order chi connectivity index (χ1) is 9.85. The zero-order valence-electron chi connectivity index (χ0n) is 12.9. The number of rotatable bonds is 6. The molecule has 0 fully saturated rings. The van der Waals surface area contributed by atoms with Gasteiger partial charge >= 0.3 is 5.97 Å². The lowest BCUT2D eigenvalue weighted by Gasteiger charge is -2.28. The largest absolute Gasteiger partial charge is 0.481 e. The number of carboxylic acid groups (broad SMARTS) is 1. The SMILES string of the molecule is CCCC(C)(C)n1c(SCC(=O)O)nc2cc(C)cnc21. The summed E-state index contributed by atoms with van der Waals surface area (Å²) in [5.74, 6) is -0.833. The van der Waals surface area contributed by atoms with E-state index in [-0.39, 0.29) is 11.3 Å². The summed E-state index contributed by atoms with van der Waals surface area (Å²) in [6.07, 6.45) is 3.85. The molecule has 0 aliphatic carbocycles. The first-order valence-corrected chi connectivity index (χ1v) is 8.04. The van der Waals surface area contributed by atoms with Gasteiger partial charge in [-0.1, -0.05) is 25.1 Å². The van der Waals surface area contributed by atoms with E-state index in [1.54, 1.807) is 0 Å². The van der Waals surface area contributed by atoms with Crippen LogP contribution in [-0.2, 0) is 10.3 Å². The average Bonchev–Trinajstić information content (AvgIpc) is 2.74. The number of fused-ring (bicyclic) bond motifs is 1. The van der Waals surface area contributed by atoms with Crippen LogP contribution >= 0.6 is 11.8 Å². The highest BCUT2D eigenvalue weighted by Gasteiger charge is 2.26. The number of hydrogen-bond donors (Lipinski definition) is 1. The molecule has 0 saturated carbocycles. The molecule has 0 spiro atoms. The van der Waals surface area contributed by atoms with Crippen molar-refractivity contribution in [2.24, 2.45) is 0 Å². The first kappa shape index (κ1) is 15.8. The Balaban J connectivity index is 2.56. The van der Waals surface area contributed by atoms with Gasteiger partial charge in [-0.15, -0.1) is 0 Å². The predicted octanol–water partition coefficient (Wildman–Crippen LogP) is 3.45. The lowest BCUT2D eigenvalue weighted by atomic mass is 9.99. The fraction of sp³-hybridized carbons (Fsp3) is 0.533. The Morgan fingerprint density at radius 3 is 2.81 bits per heavy atom. The van der Waals surface area contributed by atoms with E-state index >= 15 is 0 Å². The number of pyridine rings is 1. The van der Waals surface area contributed by atoms with Crippen LogP contribution in [0.15, 0.2) is 17.4 Å². The number of aromatic nitrogens is 3. The highest BCUT2D eigenvalue weighted by atomic mass is 32.2. The molecule has 114 valence electrons. The molecular weight excluding hydrogens is 286 g/mol. The van der Waals surface area contributed by atoms with Gasteiger partial charge in [-0.3, -0.25) is 9.36 Å². The summed E-state index contributed by atoms with van der Waals surface area (Å²) in [4.78, 5) is 20.0. The third-order valence-corrected chi connectivity index (χ3v) is 4.32. The Morgan fingerprint density at radius 1 is 1.48 bits per heavy atom. The monoisotopic (exact) mass is 307 g/mol. The van der Waals surface area contributed by atoms with Crippen LogP contribution in [-0.4, -0.2) is 31.4 Å². The molecule has 0 radical (unpaired) electrons. The summed E-state index contributed by atoms with van der Waals surface area (Å²) >= 11 is 1.25. The molecule has 5 nitrogen and oxygen atoms in total. The van der Waals surface area contributed by atoms with Crippen molar-refractivity contribution in [3.05, 3.63) is 17.8 Å². The van der Waals surface area contributed by atoms with Gasteiger partial charge in [-0.05, 0) is 38.8 Å². The van der Waals surface area contributed by atoms with Gasteiger partial charge in [0.25, 0.3) is 0 Å². The Bertz CT molecular complexity index is 664. The van der Waals surface area contributed by atoms with Gasteiger partial charge in [0.05, 0.1) is 5.75 Å². The minimum atomic E-state index is -0.837. The zero-order valence-corrected chi connectivity index (χ0v) is 13.7. The molecule has 2 aromatic rings. The lowest BCUT2D eigenvalue weighted by molar-refractivity contribution is -0.133. The number of hydrogen-bond acceptors (Lipinski definition) is 4. The van der Waals surface area contributed by atoms with Gasteiger partial charge in [0, 0.05) is 11.7 Å². The van der Waals surface area contributed by atoms with Crippen LogP contribution in [0.25, 0.3) is 11.2 Å². The summed E-state index contributed by atoms with van der Waals surface area (Å²) in [5, 5.41) is 9.64. The minimum Gasteiger partial charge on any atom is -0.481 e. The van der Waals surface area contributed by atoms with Crippen molar-refractivity contribution < 1.29 is 9.90 Å². The molecule has 0 aliphatic rings. The number of carboxylic acids is 1. The lowest BCUT2D eigenvalue weighted by Crippen LogP contribution is -2.27. The van der Waals surface area contributed by atoms with E-state index in [1.807, 2.05) is 19.2 Å². The van der Waals surface area contributed by atoms with Gasteiger partial charge in [0.1, 0.15) is 5.52 Å². The van der Waals surface area contributed by atoms with Gasteiger partial charge < -0.3 is 5.11 Å². The maximum Gasteiger partial charge on any atom is 0.313 e. The van der Waals surface area contributed by atoms with Crippen LogP contribution in [0.2, 0.25) is 0 Å². The highest BCUT2D eigenvalue weighted by molar-refractivity contribution is 7.99.